The average Bonchev–Trinajstić information content (AvgIpc) is 2.71. The predicted octanol–water partition coefficient (Wildman–Crippen LogP) is 0.982. The summed E-state index contributed by atoms with van der Waals surface area (Å²) in [6.45, 7) is 4.48. The Labute approximate surface area is 101 Å². The van der Waals surface area contributed by atoms with Crippen molar-refractivity contribution in [1.29, 1.82) is 0 Å². The molecule has 0 amide bonds. The van der Waals surface area contributed by atoms with Crippen molar-refractivity contribution in [3.63, 3.8) is 0 Å². The van der Waals surface area contributed by atoms with Gasteiger partial charge in [0.25, 0.3) is 0 Å². The van der Waals surface area contributed by atoms with Gasteiger partial charge in [-0.1, -0.05) is 0 Å². The van der Waals surface area contributed by atoms with E-state index in [1.807, 2.05) is 6.92 Å². The third kappa shape index (κ3) is 3.18. The second-order valence-electron chi connectivity index (χ2n) is 5.04. The van der Waals surface area contributed by atoms with E-state index in [0.717, 1.165) is 25.9 Å². The monoisotopic (exact) mass is 243 g/mol. The molecule has 0 saturated carbocycles. The molecule has 17 heavy (non-hydrogen) atoms. The number of aliphatic carboxylic acids is 1. The molecule has 3 unspecified atom stereocenters. The summed E-state index contributed by atoms with van der Waals surface area (Å²) in [4.78, 5) is 10.5. The van der Waals surface area contributed by atoms with Gasteiger partial charge in [-0.25, -0.2) is 0 Å². The number of carboxylic acids is 1. The maximum absolute atomic E-state index is 10.5. The fourth-order valence-electron chi connectivity index (χ4n) is 2.60. The van der Waals surface area contributed by atoms with Crippen molar-refractivity contribution in [2.75, 3.05) is 19.7 Å². The van der Waals surface area contributed by atoms with E-state index in [4.69, 9.17) is 14.6 Å². The van der Waals surface area contributed by atoms with Gasteiger partial charge in [0.1, 0.15) is 0 Å². The quantitative estimate of drug-likeness (QED) is 0.770. The van der Waals surface area contributed by atoms with Crippen molar-refractivity contribution in [2.24, 2.45) is 5.92 Å². The summed E-state index contributed by atoms with van der Waals surface area (Å²) in [6, 6.07) is 0. The van der Waals surface area contributed by atoms with Crippen molar-refractivity contribution < 1.29 is 19.4 Å². The molecule has 0 spiro atoms. The largest absolute Gasteiger partial charge is 0.481 e. The molecule has 2 rings (SSSR count). The van der Waals surface area contributed by atoms with Crippen LogP contribution >= 0.6 is 0 Å². The van der Waals surface area contributed by atoms with Gasteiger partial charge < -0.3 is 19.9 Å². The number of carbonyl (C=O) groups is 1. The minimum Gasteiger partial charge on any atom is -0.481 e. The molecular weight excluding hydrogens is 222 g/mol. The van der Waals surface area contributed by atoms with Crippen molar-refractivity contribution in [3.8, 4) is 0 Å². The van der Waals surface area contributed by atoms with E-state index in [-0.39, 0.29) is 12.5 Å². The first-order chi connectivity index (χ1) is 8.10. The van der Waals surface area contributed by atoms with Gasteiger partial charge in [-0.15, -0.1) is 0 Å². The Balaban J connectivity index is 1.84. The fourth-order valence-corrected chi connectivity index (χ4v) is 2.60. The Morgan fingerprint density at radius 3 is 3.06 bits per heavy atom. The zero-order valence-electron chi connectivity index (χ0n) is 10.3. The van der Waals surface area contributed by atoms with Crippen LogP contribution in [-0.2, 0) is 14.3 Å². The molecule has 0 aliphatic carbocycles. The highest BCUT2D eigenvalue weighted by molar-refractivity contribution is 5.66. The van der Waals surface area contributed by atoms with Crippen molar-refractivity contribution in [3.05, 3.63) is 0 Å². The number of carboxylic acid groups (broad SMARTS) is 1. The summed E-state index contributed by atoms with van der Waals surface area (Å²) in [5, 5.41) is 12.0. The fraction of sp³-hybridized carbons (Fsp3) is 0.917. The van der Waals surface area contributed by atoms with Gasteiger partial charge in [0, 0.05) is 18.9 Å². The Hall–Kier alpha value is -0.650. The van der Waals surface area contributed by atoms with Gasteiger partial charge in [-0.3, -0.25) is 4.79 Å². The minimum atomic E-state index is -0.776. The molecule has 98 valence electrons. The van der Waals surface area contributed by atoms with E-state index in [2.05, 4.69) is 5.32 Å². The van der Waals surface area contributed by atoms with Crippen LogP contribution in [0.1, 0.15) is 32.6 Å². The first kappa shape index (κ1) is 12.8. The van der Waals surface area contributed by atoms with Crippen LogP contribution in [0, 0.1) is 5.92 Å². The summed E-state index contributed by atoms with van der Waals surface area (Å²) in [5.74, 6) is -0.941. The maximum atomic E-state index is 10.5. The molecule has 0 aromatic rings. The maximum Gasteiger partial charge on any atom is 0.303 e. The molecule has 0 aromatic carbocycles. The first-order valence-corrected chi connectivity index (χ1v) is 6.34. The second kappa shape index (κ2) is 5.33. The highest BCUT2D eigenvalue weighted by Gasteiger charge is 2.43. The number of rotatable bonds is 4. The summed E-state index contributed by atoms with van der Waals surface area (Å²) in [6.07, 6.45) is 2.86. The topological polar surface area (TPSA) is 67.8 Å². The number of ether oxygens (including phenoxy) is 2. The van der Waals surface area contributed by atoms with Gasteiger partial charge in [-0.05, 0) is 32.7 Å². The van der Waals surface area contributed by atoms with Gasteiger partial charge in [-0.2, -0.15) is 0 Å². The number of hydrogen-bond acceptors (Lipinski definition) is 4. The minimum absolute atomic E-state index is 0.0713. The first-order valence-electron chi connectivity index (χ1n) is 6.34. The summed E-state index contributed by atoms with van der Waals surface area (Å²) >= 11 is 0. The van der Waals surface area contributed by atoms with Crippen LogP contribution in [0.4, 0.5) is 0 Å². The zero-order chi connectivity index (χ0) is 12.3. The smallest absolute Gasteiger partial charge is 0.303 e. The second-order valence-corrected chi connectivity index (χ2v) is 5.04. The Morgan fingerprint density at radius 1 is 1.59 bits per heavy atom. The summed E-state index contributed by atoms with van der Waals surface area (Å²) in [5.41, 5.74) is 0. The van der Waals surface area contributed by atoms with Crippen LogP contribution in [0.15, 0.2) is 0 Å². The Bertz CT molecular complexity index is 278. The van der Waals surface area contributed by atoms with Crippen LogP contribution in [0.3, 0.4) is 0 Å². The van der Waals surface area contributed by atoms with Crippen LogP contribution in [-0.4, -0.2) is 42.7 Å². The molecule has 2 fully saturated rings. The molecule has 2 heterocycles. The summed E-state index contributed by atoms with van der Waals surface area (Å²) in [7, 11) is 0. The van der Waals surface area contributed by atoms with Crippen LogP contribution in [0.2, 0.25) is 0 Å². The molecule has 0 aromatic heterocycles. The Kier molecular flexibility index (Phi) is 4.01. The molecule has 2 aliphatic rings. The molecule has 0 radical (unpaired) electrons. The van der Waals surface area contributed by atoms with Crippen LogP contribution in [0.5, 0.6) is 0 Å². The zero-order valence-corrected chi connectivity index (χ0v) is 10.3. The standard InChI is InChI=1S/C12H21NO4/c1-12(9-3-2-6-13-7-9)16-8-10(17-12)4-5-11(14)15/h9-10,13H,2-8H2,1H3,(H,14,15). The average molecular weight is 243 g/mol. The lowest BCUT2D eigenvalue weighted by atomic mass is 9.92. The lowest BCUT2D eigenvalue weighted by molar-refractivity contribution is -0.195. The number of nitrogens with one attached hydrogen (secondary N) is 1. The van der Waals surface area contributed by atoms with Crippen LogP contribution < -0.4 is 5.32 Å². The van der Waals surface area contributed by atoms with Crippen molar-refractivity contribution in [1.82, 2.24) is 5.32 Å². The van der Waals surface area contributed by atoms with E-state index in [0.29, 0.717) is 18.9 Å². The number of hydrogen-bond donors (Lipinski definition) is 2. The predicted molar refractivity (Wildman–Crippen MR) is 61.7 cm³/mol. The van der Waals surface area contributed by atoms with E-state index in [1.54, 1.807) is 0 Å². The summed E-state index contributed by atoms with van der Waals surface area (Å²) < 4.78 is 11.7. The van der Waals surface area contributed by atoms with Gasteiger partial charge in [0.05, 0.1) is 12.7 Å². The van der Waals surface area contributed by atoms with Crippen molar-refractivity contribution in [2.45, 2.75) is 44.5 Å². The SMILES string of the molecule is CC1(C2CCCNC2)OCC(CCC(=O)O)O1. The highest BCUT2D eigenvalue weighted by atomic mass is 16.7. The normalized spacial score (nSPS) is 38.2. The Morgan fingerprint density at radius 2 is 2.41 bits per heavy atom. The van der Waals surface area contributed by atoms with E-state index in [9.17, 15) is 4.79 Å². The lowest BCUT2D eigenvalue weighted by Gasteiger charge is -2.35. The molecule has 2 saturated heterocycles. The highest BCUT2D eigenvalue weighted by Crippen LogP contribution is 2.35. The molecule has 3 atom stereocenters. The third-order valence-electron chi connectivity index (χ3n) is 3.68. The number of piperidine rings is 1. The molecule has 5 nitrogen and oxygen atoms in total. The van der Waals surface area contributed by atoms with E-state index >= 15 is 0 Å². The third-order valence-corrected chi connectivity index (χ3v) is 3.68. The molecule has 0 bridgehead atoms. The van der Waals surface area contributed by atoms with Crippen LogP contribution in [0.25, 0.3) is 0 Å². The molecule has 5 heteroatoms. The van der Waals surface area contributed by atoms with Gasteiger partial charge in [0.2, 0.25) is 0 Å². The lowest BCUT2D eigenvalue weighted by Crippen LogP contribution is -2.45. The van der Waals surface area contributed by atoms with Gasteiger partial charge >= 0.3 is 5.97 Å². The van der Waals surface area contributed by atoms with E-state index < -0.39 is 11.8 Å². The van der Waals surface area contributed by atoms with Gasteiger partial charge in [0.15, 0.2) is 5.79 Å². The molecular formula is C12H21NO4. The molecule has 2 aliphatic heterocycles. The van der Waals surface area contributed by atoms with E-state index in [1.165, 1.54) is 0 Å². The van der Waals surface area contributed by atoms with Crippen molar-refractivity contribution >= 4 is 5.97 Å². The molecule has 2 N–H and O–H groups in total.